The van der Waals surface area contributed by atoms with Crippen LogP contribution in [0.2, 0.25) is 0 Å². The monoisotopic (exact) mass is 430 g/mol. The van der Waals surface area contributed by atoms with E-state index in [9.17, 15) is 9.59 Å². The second-order valence-electron chi connectivity index (χ2n) is 10.2. The summed E-state index contributed by atoms with van der Waals surface area (Å²) in [4.78, 5) is 26.9. The van der Waals surface area contributed by atoms with E-state index < -0.39 is 11.0 Å². The number of methoxy groups -OCH3 is 1. The number of carbonyl (C=O) groups is 2. The van der Waals surface area contributed by atoms with Crippen LogP contribution in [0.15, 0.2) is 24.3 Å². The molecule has 0 aromatic carbocycles. The SMILES string of the molecule is COC(=O)[C@@]1(CCC2CCN(C(=O)OC(C)(C)C)CC2)C=C[C@@H](n2c(C)ccc2C)C1. The molecule has 0 bridgehead atoms. The van der Waals surface area contributed by atoms with E-state index in [1.54, 1.807) is 4.90 Å². The van der Waals surface area contributed by atoms with Gasteiger partial charge in [0, 0.05) is 24.5 Å². The average Bonchev–Trinajstić information content (AvgIpc) is 3.28. The summed E-state index contributed by atoms with van der Waals surface area (Å²) in [6.45, 7) is 11.3. The first-order valence-electron chi connectivity index (χ1n) is 11.4. The van der Waals surface area contributed by atoms with Crippen molar-refractivity contribution in [3.8, 4) is 0 Å². The van der Waals surface area contributed by atoms with Crippen LogP contribution in [0.5, 0.6) is 0 Å². The number of aromatic nitrogens is 1. The van der Waals surface area contributed by atoms with E-state index in [1.807, 2.05) is 20.8 Å². The summed E-state index contributed by atoms with van der Waals surface area (Å²) in [5.74, 6) is 0.364. The fraction of sp³-hybridized carbons (Fsp3) is 0.680. The number of amides is 1. The third-order valence-electron chi connectivity index (χ3n) is 6.73. The summed E-state index contributed by atoms with van der Waals surface area (Å²) in [6.07, 6.45) is 8.39. The topological polar surface area (TPSA) is 60.8 Å². The van der Waals surface area contributed by atoms with E-state index in [-0.39, 0.29) is 18.1 Å². The molecule has 31 heavy (non-hydrogen) atoms. The summed E-state index contributed by atoms with van der Waals surface area (Å²) in [7, 11) is 1.48. The molecule has 1 aliphatic carbocycles. The average molecular weight is 431 g/mol. The lowest BCUT2D eigenvalue weighted by Gasteiger charge is -2.35. The second-order valence-corrected chi connectivity index (χ2v) is 10.2. The summed E-state index contributed by atoms with van der Waals surface area (Å²) in [5.41, 5.74) is 1.39. The number of likely N-dealkylation sites (tertiary alicyclic amines) is 1. The highest BCUT2D eigenvalue weighted by Crippen LogP contribution is 2.45. The number of hydrogen-bond donors (Lipinski definition) is 0. The van der Waals surface area contributed by atoms with Gasteiger partial charge in [0.15, 0.2) is 0 Å². The molecule has 1 saturated heterocycles. The maximum absolute atomic E-state index is 12.8. The molecule has 0 unspecified atom stereocenters. The molecule has 1 fully saturated rings. The minimum Gasteiger partial charge on any atom is -0.468 e. The predicted octanol–water partition coefficient (Wildman–Crippen LogP) is 5.19. The molecule has 1 aliphatic heterocycles. The lowest BCUT2D eigenvalue weighted by atomic mass is 9.78. The summed E-state index contributed by atoms with van der Waals surface area (Å²) < 4.78 is 13.0. The molecule has 2 atom stereocenters. The van der Waals surface area contributed by atoms with Crippen LogP contribution in [0.1, 0.15) is 70.3 Å². The number of rotatable bonds is 5. The van der Waals surface area contributed by atoms with Crippen molar-refractivity contribution >= 4 is 12.1 Å². The molecular weight excluding hydrogens is 392 g/mol. The summed E-state index contributed by atoms with van der Waals surface area (Å²) >= 11 is 0. The number of allylic oxidation sites excluding steroid dienone is 1. The Morgan fingerprint density at radius 1 is 1.13 bits per heavy atom. The molecule has 1 amide bonds. The Labute approximate surface area is 186 Å². The van der Waals surface area contributed by atoms with Crippen molar-refractivity contribution in [2.45, 2.75) is 78.4 Å². The molecule has 0 spiro atoms. The van der Waals surface area contributed by atoms with Crippen LogP contribution >= 0.6 is 0 Å². The molecule has 3 rings (SSSR count). The van der Waals surface area contributed by atoms with Crippen molar-refractivity contribution in [3.05, 3.63) is 35.7 Å². The molecule has 1 aromatic heterocycles. The summed E-state index contributed by atoms with van der Waals surface area (Å²) in [6, 6.07) is 4.43. The zero-order valence-electron chi connectivity index (χ0n) is 19.9. The fourth-order valence-corrected chi connectivity index (χ4v) is 5.02. The quantitative estimate of drug-likeness (QED) is 0.476. The van der Waals surface area contributed by atoms with Crippen molar-refractivity contribution in [1.29, 1.82) is 0 Å². The first kappa shape index (κ1) is 23.4. The molecular formula is C25H38N2O4. The number of carbonyl (C=O) groups excluding carboxylic acids is 2. The fourth-order valence-electron chi connectivity index (χ4n) is 5.02. The molecule has 2 aliphatic rings. The van der Waals surface area contributed by atoms with Gasteiger partial charge in [0.25, 0.3) is 0 Å². The Balaban J connectivity index is 1.58. The normalized spacial score (nSPS) is 24.5. The molecule has 6 heteroatoms. The van der Waals surface area contributed by atoms with Gasteiger partial charge in [-0.3, -0.25) is 4.79 Å². The van der Waals surface area contributed by atoms with E-state index in [4.69, 9.17) is 9.47 Å². The van der Waals surface area contributed by atoms with Crippen molar-refractivity contribution in [3.63, 3.8) is 0 Å². The zero-order valence-corrected chi connectivity index (χ0v) is 19.9. The number of esters is 1. The van der Waals surface area contributed by atoms with Crippen LogP contribution in [0, 0.1) is 25.2 Å². The van der Waals surface area contributed by atoms with E-state index in [0.717, 1.165) is 32.1 Å². The van der Waals surface area contributed by atoms with Gasteiger partial charge in [0.05, 0.1) is 18.6 Å². The number of ether oxygens (including phenoxy) is 2. The Kier molecular flexibility index (Phi) is 6.87. The molecule has 0 radical (unpaired) electrons. The number of nitrogens with zero attached hydrogens (tertiary/aromatic N) is 2. The predicted molar refractivity (Wildman–Crippen MR) is 121 cm³/mol. The van der Waals surface area contributed by atoms with Gasteiger partial charge in [-0.15, -0.1) is 0 Å². The van der Waals surface area contributed by atoms with Gasteiger partial charge in [-0.2, -0.15) is 0 Å². The van der Waals surface area contributed by atoms with Gasteiger partial charge in [0.1, 0.15) is 5.60 Å². The molecule has 2 heterocycles. The highest BCUT2D eigenvalue weighted by Gasteiger charge is 2.43. The lowest BCUT2D eigenvalue weighted by Crippen LogP contribution is -2.42. The Morgan fingerprint density at radius 2 is 1.74 bits per heavy atom. The minimum absolute atomic E-state index is 0.139. The zero-order chi connectivity index (χ0) is 22.8. The van der Waals surface area contributed by atoms with Gasteiger partial charge < -0.3 is 18.9 Å². The first-order chi connectivity index (χ1) is 14.5. The van der Waals surface area contributed by atoms with E-state index >= 15 is 0 Å². The minimum atomic E-state index is -0.565. The molecule has 172 valence electrons. The van der Waals surface area contributed by atoms with Crippen LogP contribution < -0.4 is 0 Å². The Bertz CT molecular complexity index is 808. The number of piperidine rings is 1. The maximum atomic E-state index is 12.8. The smallest absolute Gasteiger partial charge is 0.410 e. The standard InChI is InChI=1S/C25H38N2O4/c1-18-7-8-19(2)27(18)21-10-14-25(17-21,22(28)30-6)13-9-20-11-15-26(16-12-20)23(29)31-24(3,4)5/h7-8,10,14,20-21H,9,11-13,15-17H2,1-6H3/t21-,25+/m1/s1. The third-order valence-corrected chi connectivity index (χ3v) is 6.73. The highest BCUT2D eigenvalue weighted by atomic mass is 16.6. The Hall–Kier alpha value is -2.24. The number of aryl methyl sites for hydroxylation is 2. The van der Waals surface area contributed by atoms with Crippen molar-refractivity contribution in [2.24, 2.45) is 11.3 Å². The lowest BCUT2D eigenvalue weighted by molar-refractivity contribution is -0.150. The molecule has 0 N–H and O–H groups in total. The summed E-state index contributed by atoms with van der Waals surface area (Å²) in [5, 5.41) is 0. The van der Waals surface area contributed by atoms with Crippen LogP contribution in [0.3, 0.4) is 0 Å². The van der Waals surface area contributed by atoms with E-state index in [2.05, 4.69) is 42.7 Å². The third kappa shape index (κ3) is 5.34. The molecule has 1 aromatic rings. The van der Waals surface area contributed by atoms with Gasteiger partial charge in [-0.05, 0) is 84.8 Å². The molecule has 0 saturated carbocycles. The van der Waals surface area contributed by atoms with Crippen LogP contribution in [-0.4, -0.2) is 47.3 Å². The molecule has 6 nitrogen and oxygen atoms in total. The van der Waals surface area contributed by atoms with Gasteiger partial charge in [-0.1, -0.05) is 12.2 Å². The largest absolute Gasteiger partial charge is 0.468 e. The van der Waals surface area contributed by atoms with Crippen LogP contribution in [0.4, 0.5) is 4.79 Å². The van der Waals surface area contributed by atoms with Gasteiger partial charge in [0.2, 0.25) is 0 Å². The van der Waals surface area contributed by atoms with Gasteiger partial charge in [-0.25, -0.2) is 4.79 Å². The van der Waals surface area contributed by atoms with Crippen molar-refractivity contribution in [1.82, 2.24) is 9.47 Å². The number of hydrogen-bond acceptors (Lipinski definition) is 4. The highest BCUT2D eigenvalue weighted by molar-refractivity contribution is 5.80. The van der Waals surface area contributed by atoms with Crippen molar-refractivity contribution < 1.29 is 19.1 Å². The maximum Gasteiger partial charge on any atom is 0.410 e. The van der Waals surface area contributed by atoms with Crippen molar-refractivity contribution in [2.75, 3.05) is 20.2 Å². The van der Waals surface area contributed by atoms with Gasteiger partial charge >= 0.3 is 12.1 Å². The van der Waals surface area contributed by atoms with E-state index in [0.29, 0.717) is 19.0 Å². The Morgan fingerprint density at radius 3 is 2.29 bits per heavy atom. The van der Waals surface area contributed by atoms with Crippen LogP contribution in [-0.2, 0) is 14.3 Å². The van der Waals surface area contributed by atoms with E-state index in [1.165, 1.54) is 18.5 Å². The second kappa shape index (κ2) is 9.09. The first-order valence-corrected chi connectivity index (χ1v) is 11.4. The van der Waals surface area contributed by atoms with Crippen LogP contribution in [0.25, 0.3) is 0 Å².